The van der Waals surface area contributed by atoms with Gasteiger partial charge in [0.15, 0.2) is 0 Å². The lowest BCUT2D eigenvalue weighted by Gasteiger charge is -2.04. The van der Waals surface area contributed by atoms with E-state index in [1.54, 1.807) is 18.2 Å². The van der Waals surface area contributed by atoms with E-state index in [0.29, 0.717) is 21.6 Å². The van der Waals surface area contributed by atoms with Gasteiger partial charge in [-0.1, -0.05) is 47.5 Å². The number of hydrogen-bond donors (Lipinski definition) is 3. The highest BCUT2D eigenvalue weighted by Gasteiger charge is 2.21. The zero-order valence-corrected chi connectivity index (χ0v) is 14.4. The van der Waals surface area contributed by atoms with E-state index in [1.165, 1.54) is 0 Å². The number of rotatable bonds is 5. The molecule has 0 spiro atoms. The number of aromatic nitrogens is 2. The molecule has 3 rings (SSSR count). The van der Waals surface area contributed by atoms with Gasteiger partial charge in [0.25, 0.3) is 0 Å². The number of nitrogens with one attached hydrogen (secondary N) is 2. The van der Waals surface area contributed by atoms with Gasteiger partial charge in [-0.15, -0.1) is 5.48 Å². The molecule has 1 heterocycles. The number of benzene rings is 2. The number of anilines is 1. The van der Waals surface area contributed by atoms with Gasteiger partial charge in [-0.2, -0.15) is 4.84 Å². The monoisotopic (exact) mass is 378 g/mol. The maximum absolute atomic E-state index is 6.13. The molecule has 0 aliphatic rings. The molecule has 3 aromatic rings. The standard InChI is InChI=1S/C16H13Cl2N5O2/c17-11-7-6-10(13(18)8-11)9-24-23-16(14-15(19)22-25-21-14)20-12-4-2-1-3-5-12/h1-8H,9H2,(H2,19,22)(H,20,23)/p+1. The van der Waals surface area contributed by atoms with Crippen LogP contribution in [0.4, 0.5) is 11.5 Å². The quantitative estimate of drug-likeness (QED) is 0.355. The summed E-state index contributed by atoms with van der Waals surface area (Å²) in [6, 6.07) is 14.6. The Balaban J connectivity index is 1.77. The van der Waals surface area contributed by atoms with Crippen molar-refractivity contribution in [3.8, 4) is 0 Å². The van der Waals surface area contributed by atoms with Gasteiger partial charge in [0, 0.05) is 15.6 Å². The zero-order chi connectivity index (χ0) is 17.6. The van der Waals surface area contributed by atoms with Crippen molar-refractivity contribution in [3.05, 3.63) is 69.8 Å². The Labute approximate surface area is 153 Å². The molecule has 2 aromatic carbocycles. The second-order valence-corrected chi connectivity index (χ2v) is 5.83. The van der Waals surface area contributed by atoms with Crippen LogP contribution < -0.4 is 16.2 Å². The SMILES string of the molecule is Nc1nonc1C(NOCc1ccc(Cl)cc1Cl)=[NH+]c1ccccc1. The Morgan fingerprint density at radius 3 is 2.64 bits per heavy atom. The summed E-state index contributed by atoms with van der Waals surface area (Å²) >= 11 is 12.0. The molecule has 25 heavy (non-hydrogen) atoms. The maximum atomic E-state index is 6.13. The lowest BCUT2D eigenvalue weighted by Crippen LogP contribution is -2.70. The normalized spacial score (nSPS) is 11.5. The van der Waals surface area contributed by atoms with Gasteiger partial charge in [-0.3, -0.25) is 0 Å². The summed E-state index contributed by atoms with van der Waals surface area (Å²) in [6.45, 7) is 0.196. The van der Waals surface area contributed by atoms with Crippen LogP contribution in [-0.4, -0.2) is 16.1 Å². The van der Waals surface area contributed by atoms with Gasteiger partial charge in [0.05, 0.1) is 0 Å². The van der Waals surface area contributed by atoms with Crippen LogP contribution in [0.5, 0.6) is 0 Å². The first kappa shape index (κ1) is 17.2. The third-order valence-electron chi connectivity index (χ3n) is 3.21. The number of hydrogen-bond acceptors (Lipinski definition) is 5. The Kier molecular flexibility index (Phi) is 5.49. The Morgan fingerprint density at radius 2 is 1.96 bits per heavy atom. The summed E-state index contributed by atoms with van der Waals surface area (Å²) in [5.41, 5.74) is 10.4. The molecule has 0 unspecified atom stereocenters. The van der Waals surface area contributed by atoms with Gasteiger partial charge in [0.1, 0.15) is 12.3 Å². The largest absolute Gasteiger partial charge is 0.379 e. The van der Waals surface area contributed by atoms with E-state index in [1.807, 2.05) is 30.3 Å². The second kappa shape index (κ2) is 7.98. The first-order valence-corrected chi connectivity index (χ1v) is 7.98. The van der Waals surface area contributed by atoms with E-state index in [2.05, 4.69) is 25.4 Å². The zero-order valence-electron chi connectivity index (χ0n) is 12.9. The number of amidine groups is 1. The van der Waals surface area contributed by atoms with Crippen LogP contribution >= 0.6 is 23.2 Å². The third kappa shape index (κ3) is 4.48. The van der Waals surface area contributed by atoms with Gasteiger partial charge >= 0.3 is 5.84 Å². The first-order valence-electron chi connectivity index (χ1n) is 7.22. The summed E-state index contributed by atoms with van der Waals surface area (Å²) in [5, 5.41) is 8.40. The van der Waals surface area contributed by atoms with Crippen LogP contribution in [0.2, 0.25) is 10.0 Å². The van der Waals surface area contributed by atoms with Crippen molar-refractivity contribution in [2.45, 2.75) is 6.61 Å². The number of nitrogen functional groups attached to an aromatic ring is 1. The molecule has 0 atom stereocenters. The maximum Gasteiger partial charge on any atom is 0.336 e. The molecule has 0 fully saturated rings. The molecule has 0 saturated carbocycles. The highest BCUT2D eigenvalue weighted by Crippen LogP contribution is 2.21. The molecule has 9 heteroatoms. The van der Waals surface area contributed by atoms with Crippen molar-refractivity contribution in [2.75, 3.05) is 5.73 Å². The van der Waals surface area contributed by atoms with Crippen molar-refractivity contribution < 1.29 is 14.5 Å². The van der Waals surface area contributed by atoms with Gasteiger partial charge < -0.3 is 5.73 Å². The van der Waals surface area contributed by atoms with Crippen LogP contribution in [0.15, 0.2) is 53.2 Å². The number of halogens is 2. The third-order valence-corrected chi connectivity index (χ3v) is 3.80. The summed E-state index contributed by atoms with van der Waals surface area (Å²) < 4.78 is 4.64. The van der Waals surface area contributed by atoms with E-state index >= 15 is 0 Å². The molecule has 0 amide bonds. The van der Waals surface area contributed by atoms with Crippen molar-refractivity contribution in [1.29, 1.82) is 0 Å². The highest BCUT2D eigenvalue weighted by atomic mass is 35.5. The molecule has 0 aliphatic heterocycles. The van der Waals surface area contributed by atoms with Crippen LogP contribution in [0, 0.1) is 0 Å². The van der Waals surface area contributed by atoms with E-state index < -0.39 is 0 Å². The smallest absolute Gasteiger partial charge is 0.336 e. The van der Waals surface area contributed by atoms with Gasteiger partial charge in [-0.05, 0) is 34.6 Å². The van der Waals surface area contributed by atoms with E-state index in [4.69, 9.17) is 33.8 Å². The Bertz CT molecular complexity index is 883. The molecular weight excluding hydrogens is 365 g/mol. The fraction of sp³-hybridized carbons (Fsp3) is 0.0625. The lowest BCUT2D eigenvalue weighted by atomic mass is 10.2. The Hall–Kier alpha value is -2.61. The van der Waals surface area contributed by atoms with Crippen molar-refractivity contribution >= 4 is 40.5 Å². The average molecular weight is 379 g/mol. The Morgan fingerprint density at radius 1 is 1.16 bits per heavy atom. The summed E-state index contributed by atoms with van der Waals surface area (Å²) in [4.78, 5) is 8.63. The lowest BCUT2D eigenvalue weighted by molar-refractivity contribution is -0.359. The predicted molar refractivity (Wildman–Crippen MR) is 94.3 cm³/mol. The molecule has 1 aromatic heterocycles. The highest BCUT2D eigenvalue weighted by molar-refractivity contribution is 6.35. The molecule has 4 N–H and O–H groups in total. The number of para-hydroxylation sites is 1. The molecule has 0 radical (unpaired) electrons. The van der Waals surface area contributed by atoms with E-state index in [9.17, 15) is 0 Å². The minimum atomic E-state index is 0.124. The fourth-order valence-corrected chi connectivity index (χ4v) is 2.46. The van der Waals surface area contributed by atoms with Crippen LogP contribution in [-0.2, 0) is 11.4 Å². The van der Waals surface area contributed by atoms with Crippen LogP contribution in [0.25, 0.3) is 0 Å². The van der Waals surface area contributed by atoms with E-state index in [0.717, 1.165) is 11.3 Å². The summed E-state index contributed by atoms with van der Waals surface area (Å²) in [5.74, 6) is 0.508. The summed E-state index contributed by atoms with van der Waals surface area (Å²) in [7, 11) is 0. The second-order valence-electron chi connectivity index (χ2n) is 4.99. The predicted octanol–water partition coefficient (Wildman–Crippen LogP) is 1.84. The number of nitrogens with zero attached hydrogens (tertiary/aromatic N) is 2. The molecule has 7 nitrogen and oxygen atoms in total. The molecule has 0 aliphatic carbocycles. The first-order chi connectivity index (χ1) is 12.1. The van der Waals surface area contributed by atoms with Gasteiger partial charge in [-0.25, -0.2) is 9.62 Å². The summed E-state index contributed by atoms with van der Waals surface area (Å²) in [6.07, 6.45) is 0. The van der Waals surface area contributed by atoms with Crippen molar-refractivity contribution in [2.24, 2.45) is 0 Å². The molecular formula is C16H14Cl2N5O2+. The van der Waals surface area contributed by atoms with E-state index in [-0.39, 0.29) is 12.4 Å². The molecule has 0 saturated heterocycles. The van der Waals surface area contributed by atoms with Crippen molar-refractivity contribution in [1.82, 2.24) is 15.8 Å². The minimum absolute atomic E-state index is 0.124. The van der Waals surface area contributed by atoms with Crippen molar-refractivity contribution in [3.63, 3.8) is 0 Å². The fourth-order valence-electron chi connectivity index (χ4n) is 1.99. The molecule has 128 valence electrons. The average Bonchev–Trinajstić information content (AvgIpc) is 3.03. The minimum Gasteiger partial charge on any atom is -0.379 e. The molecule has 0 bridgehead atoms. The number of hydroxylamine groups is 1. The van der Waals surface area contributed by atoms with Crippen LogP contribution in [0.3, 0.4) is 0 Å². The topological polar surface area (TPSA) is 100 Å². The number of nitrogens with two attached hydrogens (primary N) is 1. The van der Waals surface area contributed by atoms with Gasteiger partial charge in [0.2, 0.25) is 11.5 Å². The van der Waals surface area contributed by atoms with Crippen LogP contribution in [0.1, 0.15) is 11.3 Å².